The zero-order valence-electron chi connectivity index (χ0n) is 23.0. The average molecular weight is 639 g/mol. The zero-order valence-corrected chi connectivity index (χ0v) is 24.5. The Balaban J connectivity index is 1.80. The Labute approximate surface area is 255 Å². The third kappa shape index (κ3) is 5.21. The molecule has 1 fully saturated rings. The summed E-state index contributed by atoms with van der Waals surface area (Å²) in [5.74, 6) is -9.14. The van der Waals surface area contributed by atoms with E-state index in [1.807, 2.05) is 0 Å². The molecular weight excluding hydrogens is 610 g/mol. The number of rotatable bonds is 10. The number of aromatic nitrogens is 1. The van der Waals surface area contributed by atoms with E-state index in [1.165, 1.54) is 62.7 Å². The second-order valence-corrected chi connectivity index (χ2v) is 11.9. The topological polar surface area (TPSA) is 173 Å². The van der Waals surface area contributed by atoms with Gasteiger partial charge >= 0.3 is 0 Å². The summed E-state index contributed by atoms with van der Waals surface area (Å²) >= 11 is 12.1. The van der Waals surface area contributed by atoms with E-state index in [9.17, 15) is 35.4 Å². The number of hydrogen-bond donors (Lipinski definition) is 6. The van der Waals surface area contributed by atoms with Crippen molar-refractivity contribution in [2.45, 2.75) is 49.6 Å². The van der Waals surface area contributed by atoms with Crippen LogP contribution in [0.4, 0.5) is 4.39 Å². The standard InChI is InChI=1S/C29H29Cl2FN2O9/c1-25(36,15-42-2)17-11-21-23(22(32)12-17)27(16-3-5-18(30)6-4-16,43-29(40,41)26(9-10-26)28(37,38)39)34(24(21)35)14-20-8-7-19(31)13-33-20/h3-8,11-13,36-41H,9-10,14-15H2,1-2H3/t25?,27-/m1/s1. The summed E-state index contributed by atoms with van der Waals surface area (Å²) in [6.45, 7) is 0.714. The molecule has 5 rings (SSSR count). The number of hydrogen-bond acceptors (Lipinski definition) is 10. The van der Waals surface area contributed by atoms with Crippen LogP contribution in [-0.4, -0.2) is 72.1 Å². The lowest BCUT2D eigenvalue weighted by Crippen LogP contribution is -2.61. The van der Waals surface area contributed by atoms with Crippen molar-refractivity contribution in [2.24, 2.45) is 5.41 Å². The number of fused-ring (bicyclic) bond motifs is 1. The largest absolute Gasteiger partial charge is 0.383 e. The minimum absolute atomic E-state index is 0.0176. The summed E-state index contributed by atoms with van der Waals surface area (Å²) in [6, 6.07) is 10.7. The second-order valence-electron chi connectivity index (χ2n) is 11.0. The van der Waals surface area contributed by atoms with E-state index in [2.05, 4.69) is 4.98 Å². The highest BCUT2D eigenvalue weighted by atomic mass is 35.5. The highest BCUT2D eigenvalue weighted by Crippen LogP contribution is 2.62. The van der Waals surface area contributed by atoms with E-state index in [-0.39, 0.29) is 46.9 Å². The Bertz CT molecular complexity index is 1540. The van der Waals surface area contributed by atoms with Gasteiger partial charge in [0.15, 0.2) is 0 Å². The molecule has 3 aromatic rings. The number of benzene rings is 2. The first-order chi connectivity index (χ1) is 20.0. The molecule has 1 aliphatic heterocycles. The van der Waals surface area contributed by atoms with Crippen LogP contribution in [0.5, 0.6) is 0 Å². The number of nitrogens with zero attached hydrogens (tertiary/aromatic N) is 2. The zero-order chi connectivity index (χ0) is 31.6. The molecule has 0 bridgehead atoms. The molecule has 1 saturated carbocycles. The van der Waals surface area contributed by atoms with Gasteiger partial charge in [-0.15, -0.1) is 0 Å². The van der Waals surface area contributed by atoms with Crippen LogP contribution in [0.25, 0.3) is 0 Å². The van der Waals surface area contributed by atoms with Gasteiger partial charge in [-0.3, -0.25) is 19.4 Å². The molecule has 6 N–H and O–H groups in total. The smallest absolute Gasteiger partial charge is 0.294 e. The number of carbonyl (C=O) groups is 1. The molecule has 1 unspecified atom stereocenters. The molecule has 2 atom stereocenters. The molecule has 43 heavy (non-hydrogen) atoms. The lowest BCUT2D eigenvalue weighted by Gasteiger charge is -2.46. The highest BCUT2D eigenvalue weighted by Gasteiger charge is 2.74. The number of aliphatic hydroxyl groups is 6. The van der Waals surface area contributed by atoms with E-state index in [1.54, 1.807) is 0 Å². The average Bonchev–Trinajstić information content (AvgIpc) is 3.72. The molecule has 0 saturated heterocycles. The van der Waals surface area contributed by atoms with Crippen molar-refractivity contribution < 1.29 is 49.3 Å². The molecule has 1 amide bonds. The van der Waals surface area contributed by atoms with Gasteiger partial charge in [-0.1, -0.05) is 35.3 Å². The van der Waals surface area contributed by atoms with E-state index in [4.69, 9.17) is 32.7 Å². The van der Waals surface area contributed by atoms with Crippen LogP contribution < -0.4 is 0 Å². The quantitative estimate of drug-likeness (QED) is 0.181. The maximum absolute atomic E-state index is 16.5. The number of carbonyl (C=O) groups excluding carboxylic acids is 1. The summed E-state index contributed by atoms with van der Waals surface area (Å²) in [6.07, 6.45) is 0.678. The van der Waals surface area contributed by atoms with E-state index in [0.29, 0.717) is 5.02 Å². The van der Waals surface area contributed by atoms with Crippen molar-refractivity contribution in [2.75, 3.05) is 13.7 Å². The van der Waals surface area contributed by atoms with Gasteiger partial charge in [0.2, 0.25) is 5.72 Å². The molecule has 11 nitrogen and oxygen atoms in total. The van der Waals surface area contributed by atoms with Crippen LogP contribution in [-0.2, 0) is 27.3 Å². The lowest BCUT2D eigenvalue weighted by atomic mass is 9.88. The van der Waals surface area contributed by atoms with Crippen molar-refractivity contribution >= 4 is 29.1 Å². The number of amides is 1. The maximum atomic E-state index is 16.5. The Hall–Kier alpha value is -2.75. The van der Waals surface area contributed by atoms with Crippen LogP contribution >= 0.6 is 23.2 Å². The fourth-order valence-corrected chi connectivity index (χ4v) is 5.75. The first-order valence-corrected chi connectivity index (χ1v) is 13.8. The van der Waals surface area contributed by atoms with Gasteiger partial charge in [-0.05, 0) is 61.7 Å². The van der Waals surface area contributed by atoms with E-state index in [0.717, 1.165) is 11.0 Å². The van der Waals surface area contributed by atoms with Gasteiger partial charge in [0.1, 0.15) is 16.8 Å². The fourth-order valence-electron chi connectivity index (χ4n) is 5.51. The van der Waals surface area contributed by atoms with Crippen molar-refractivity contribution in [1.82, 2.24) is 9.88 Å². The maximum Gasteiger partial charge on any atom is 0.294 e. The fraction of sp³-hybridized carbons (Fsp3) is 0.379. The van der Waals surface area contributed by atoms with Gasteiger partial charge in [0.05, 0.1) is 35.0 Å². The van der Waals surface area contributed by atoms with Crippen LogP contribution in [0.3, 0.4) is 0 Å². The van der Waals surface area contributed by atoms with Crippen molar-refractivity contribution in [3.8, 4) is 0 Å². The predicted molar refractivity (Wildman–Crippen MR) is 149 cm³/mol. The summed E-state index contributed by atoms with van der Waals surface area (Å²) in [7, 11) is 1.34. The van der Waals surface area contributed by atoms with Crippen molar-refractivity contribution in [1.29, 1.82) is 0 Å². The molecular formula is C29H29Cl2FN2O9. The lowest BCUT2D eigenvalue weighted by molar-refractivity contribution is -0.484. The van der Waals surface area contributed by atoms with Gasteiger partial charge in [-0.2, -0.15) is 0 Å². The number of halogens is 3. The van der Waals surface area contributed by atoms with Gasteiger partial charge in [-0.25, -0.2) is 4.39 Å². The summed E-state index contributed by atoms with van der Waals surface area (Å²) in [4.78, 5) is 19.4. The molecule has 0 radical (unpaired) electrons. The van der Waals surface area contributed by atoms with Gasteiger partial charge in [0, 0.05) is 23.9 Å². The van der Waals surface area contributed by atoms with Gasteiger partial charge in [0.25, 0.3) is 17.9 Å². The number of ether oxygens (including phenoxy) is 2. The first kappa shape index (κ1) is 31.7. The third-order valence-electron chi connectivity index (χ3n) is 7.98. The highest BCUT2D eigenvalue weighted by molar-refractivity contribution is 6.30. The third-order valence-corrected chi connectivity index (χ3v) is 8.46. The van der Waals surface area contributed by atoms with Crippen LogP contribution in [0.15, 0.2) is 54.7 Å². The Kier molecular flexibility index (Phi) is 7.88. The number of pyridine rings is 1. The Morgan fingerprint density at radius 3 is 2.16 bits per heavy atom. The van der Waals surface area contributed by atoms with E-state index >= 15 is 4.39 Å². The van der Waals surface area contributed by atoms with Crippen LogP contribution in [0.1, 0.15) is 52.5 Å². The van der Waals surface area contributed by atoms with E-state index < -0.39 is 52.5 Å². The molecule has 14 heteroatoms. The molecule has 0 spiro atoms. The Morgan fingerprint density at radius 1 is 1.00 bits per heavy atom. The number of methoxy groups -OCH3 is 1. The minimum atomic E-state index is -3.63. The summed E-state index contributed by atoms with van der Waals surface area (Å²) in [5.41, 5.74) is -7.29. The Morgan fingerprint density at radius 2 is 1.63 bits per heavy atom. The van der Waals surface area contributed by atoms with Gasteiger partial charge < -0.3 is 35.4 Å². The summed E-state index contributed by atoms with van der Waals surface area (Å²) in [5, 5.41) is 64.5. The monoisotopic (exact) mass is 638 g/mol. The molecule has 2 heterocycles. The normalized spacial score (nSPS) is 21.1. The molecule has 230 valence electrons. The first-order valence-electron chi connectivity index (χ1n) is 13.1. The minimum Gasteiger partial charge on any atom is -0.383 e. The SMILES string of the molecule is COCC(C)(O)c1cc(F)c2c(c1)C(=O)N(Cc1ccc(Cl)cn1)[C@@]2(OC(O)(O)C1(C(O)(O)O)CC1)c1ccc(Cl)cc1. The van der Waals surface area contributed by atoms with Crippen molar-refractivity contribution in [3.05, 3.63) is 98.5 Å². The molecule has 2 aromatic carbocycles. The van der Waals surface area contributed by atoms with Crippen LogP contribution in [0, 0.1) is 11.2 Å². The molecule has 2 aliphatic rings. The molecule has 1 aliphatic carbocycles. The summed E-state index contributed by atoms with van der Waals surface area (Å²) < 4.78 is 27.5. The van der Waals surface area contributed by atoms with Crippen LogP contribution in [0.2, 0.25) is 10.0 Å². The second kappa shape index (κ2) is 10.7. The predicted octanol–water partition coefficient (Wildman–Crippen LogP) is 2.30. The van der Waals surface area contributed by atoms with Crippen molar-refractivity contribution in [3.63, 3.8) is 0 Å². The molecule has 1 aromatic heterocycles.